The lowest BCUT2D eigenvalue weighted by Crippen LogP contribution is -2.25. The Kier molecular flexibility index (Phi) is 8.39. The molecule has 0 aliphatic heterocycles. The Morgan fingerprint density at radius 3 is 1.58 bits per heavy atom. The third-order valence-corrected chi connectivity index (χ3v) is 8.67. The van der Waals surface area contributed by atoms with E-state index in [0.29, 0.717) is 6.54 Å². The molecule has 2 heterocycles. The van der Waals surface area contributed by atoms with E-state index in [1.807, 2.05) is 35.0 Å². The van der Waals surface area contributed by atoms with Crippen molar-refractivity contribution >= 4 is 21.7 Å². The molecule has 4 nitrogen and oxygen atoms in total. The maximum atomic E-state index is 13.8. The van der Waals surface area contributed by atoms with Gasteiger partial charge >= 0.3 is 0 Å². The monoisotopic (exact) mass is 587 g/mol. The van der Waals surface area contributed by atoms with Gasteiger partial charge in [0.25, 0.3) is 5.56 Å². The Morgan fingerprint density at radius 1 is 0.511 bits per heavy atom. The van der Waals surface area contributed by atoms with Gasteiger partial charge in [-0.2, -0.15) is 0 Å². The Hall–Kier alpha value is -5.19. The van der Waals surface area contributed by atoms with Crippen LogP contribution in [0.3, 0.4) is 0 Å². The highest BCUT2D eigenvalue weighted by Crippen LogP contribution is 2.30. The van der Waals surface area contributed by atoms with Crippen LogP contribution in [0.2, 0.25) is 0 Å². The third kappa shape index (κ3) is 6.52. The van der Waals surface area contributed by atoms with Crippen molar-refractivity contribution in [2.75, 3.05) is 6.54 Å². The highest BCUT2D eigenvalue weighted by atomic mass is 16.1. The van der Waals surface area contributed by atoms with Gasteiger partial charge in [0.15, 0.2) is 0 Å². The number of aromatic nitrogens is 2. The van der Waals surface area contributed by atoms with Gasteiger partial charge in [0, 0.05) is 54.9 Å². The summed E-state index contributed by atoms with van der Waals surface area (Å²) >= 11 is 0. The molecule has 0 aliphatic rings. The molecule has 0 N–H and O–H groups in total. The summed E-state index contributed by atoms with van der Waals surface area (Å²) < 4.78 is 4.18. The van der Waals surface area contributed by atoms with Gasteiger partial charge in [-0.1, -0.05) is 121 Å². The summed E-state index contributed by atoms with van der Waals surface area (Å²) in [7, 11) is 0. The maximum Gasteiger partial charge on any atom is 0.258 e. The first-order chi connectivity index (χ1) is 22.2. The fourth-order valence-corrected chi connectivity index (χ4v) is 6.43. The molecule has 7 aromatic rings. The summed E-state index contributed by atoms with van der Waals surface area (Å²) in [5.74, 6) is 0. The quantitative estimate of drug-likeness (QED) is 0.152. The first-order valence-corrected chi connectivity index (χ1v) is 15.7. The molecule has 0 saturated carbocycles. The van der Waals surface area contributed by atoms with Crippen LogP contribution < -0.4 is 5.56 Å². The molecule has 4 heteroatoms. The molecule has 0 spiro atoms. The standard InChI is InChI=1S/C41H37N3O/c45-41-38-21-22-39-40(37(38)24-26-43(41)29-34-17-9-3-10-18-34)36(31-44(39)30-35-19-11-4-12-20-35)23-25-42(27-32-13-5-1-6-14-32)28-33-15-7-2-8-16-33/h1-22,24,26,31H,23,25,27-30H2. The highest BCUT2D eigenvalue weighted by molar-refractivity contribution is 6.08. The number of rotatable bonds is 11. The predicted octanol–water partition coefficient (Wildman–Crippen LogP) is 8.30. The number of hydrogen-bond acceptors (Lipinski definition) is 2. The molecule has 0 aliphatic carbocycles. The lowest BCUT2D eigenvalue weighted by molar-refractivity contribution is 0.260. The molecule has 0 unspecified atom stereocenters. The zero-order valence-corrected chi connectivity index (χ0v) is 25.4. The van der Waals surface area contributed by atoms with Crippen molar-refractivity contribution in [3.63, 3.8) is 0 Å². The van der Waals surface area contributed by atoms with E-state index in [0.717, 1.165) is 48.9 Å². The van der Waals surface area contributed by atoms with Gasteiger partial charge in [0.05, 0.1) is 6.54 Å². The lowest BCUT2D eigenvalue weighted by Gasteiger charge is -2.23. The van der Waals surface area contributed by atoms with Gasteiger partial charge in [-0.25, -0.2) is 0 Å². The molecule has 0 radical (unpaired) electrons. The summed E-state index contributed by atoms with van der Waals surface area (Å²) in [5, 5.41) is 2.98. The van der Waals surface area contributed by atoms with Crippen molar-refractivity contribution in [1.29, 1.82) is 0 Å². The van der Waals surface area contributed by atoms with Crippen LogP contribution in [0.25, 0.3) is 21.7 Å². The van der Waals surface area contributed by atoms with Crippen LogP contribution in [0.5, 0.6) is 0 Å². The second-order valence-electron chi connectivity index (χ2n) is 11.9. The zero-order valence-electron chi connectivity index (χ0n) is 25.4. The van der Waals surface area contributed by atoms with E-state index in [9.17, 15) is 4.79 Å². The van der Waals surface area contributed by atoms with E-state index in [4.69, 9.17) is 0 Å². The normalized spacial score (nSPS) is 11.5. The van der Waals surface area contributed by atoms with E-state index >= 15 is 0 Å². The van der Waals surface area contributed by atoms with Crippen molar-refractivity contribution in [3.8, 4) is 0 Å². The molecule has 0 saturated heterocycles. The van der Waals surface area contributed by atoms with Crippen LogP contribution in [0, 0.1) is 0 Å². The molecule has 5 aromatic carbocycles. The molecular formula is C41H37N3O. The van der Waals surface area contributed by atoms with Crippen LogP contribution in [0.15, 0.2) is 157 Å². The van der Waals surface area contributed by atoms with E-state index < -0.39 is 0 Å². The third-order valence-electron chi connectivity index (χ3n) is 8.67. The van der Waals surface area contributed by atoms with Gasteiger partial charge < -0.3 is 9.13 Å². The van der Waals surface area contributed by atoms with Gasteiger partial charge in [-0.15, -0.1) is 0 Å². The molecule has 0 atom stereocenters. The fraction of sp³-hybridized carbons (Fsp3) is 0.146. The van der Waals surface area contributed by atoms with Gasteiger partial charge in [-0.05, 0) is 57.8 Å². The van der Waals surface area contributed by atoms with Crippen LogP contribution in [-0.4, -0.2) is 20.6 Å². The molecule has 0 amide bonds. The van der Waals surface area contributed by atoms with Gasteiger partial charge in [0.2, 0.25) is 0 Å². The number of pyridine rings is 1. The smallest absolute Gasteiger partial charge is 0.258 e. The summed E-state index contributed by atoms with van der Waals surface area (Å²) in [4.78, 5) is 16.3. The summed E-state index contributed by atoms with van der Waals surface area (Å²) in [6.45, 7) is 4.00. The van der Waals surface area contributed by atoms with Crippen molar-refractivity contribution < 1.29 is 0 Å². The molecule has 0 fully saturated rings. The Labute approximate surface area is 264 Å². The predicted molar refractivity (Wildman–Crippen MR) is 185 cm³/mol. The molecule has 2 aromatic heterocycles. The average Bonchev–Trinajstić information content (AvgIpc) is 3.44. The molecule has 7 rings (SSSR count). The van der Waals surface area contributed by atoms with E-state index in [1.165, 1.54) is 33.2 Å². The van der Waals surface area contributed by atoms with E-state index in [1.54, 1.807) is 0 Å². The van der Waals surface area contributed by atoms with E-state index in [-0.39, 0.29) is 5.56 Å². The van der Waals surface area contributed by atoms with Crippen molar-refractivity contribution in [2.45, 2.75) is 32.6 Å². The minimum Gasteiger partial charge on any atom is -0.343 e. The van der Waals surface area contributed by atoms with Crippen LogP contribution in [0.1, 0.15) is 27.8 Å². The summed E-state index contributed by atoms with van der Waals surface area (Å²) in [6.07, 6.45) is 5.16. The van der Waals surface area contributed by atoms with E-state index in [2.05, 4.69) is 131 Å². The van der Waals surface area contributed by atoms with Gasteiger partial charge in [-0.3, -0.25) is 9.69 Å². The summed E-state index contributed by atoms with van der Waals surface area (Å²) in [6, 6.07) is 48.5. The number of nitrogens with zero attached hydrogens (tertiary/aromatic N) is 3. The number of fused-ring (bicyclic) bond motifs is 3. The zero-order chi connectivity index (χ0) is 30.4. The summed E-state index contributed by atoms with van der Waals surface area (Å²) in [5.41, 5.74) is 7.49. The lowest BCUT2D eigenvalue weighted by atomic mass is 10.0. The molecule has 0 bridgehead atoms. The van der Waals surface area contributed by atoms with Crippen LogP contribution in [-0.2, 0) is 32.6 Å². The number of hydrogen-bond donors (Lipinski definition) is 0. The SMILES string of the molecule is O=c1c2ccc3c(c(CCN(Cc4ccccc4)Cc4ccccc4)cn3Cc3ccccc3)c2ccn1Cc1ccccc1. The molecular weight excluding hydrogens is 550 g/mol. The maximum absolute atomic E-state index is 13.8. The molecule has 45 heavy (non-hydrogen) atoms. The Bertz CT molecular complexity index is 2020. The largest absolute Gasteiger partial charge is 0.343 e. The first-order valence-electron chi connectivity index (χ1n) is 15.7. The average molecular weight is 588 g/mol. The minimum absolute atomic E-state index is 0.0507. The van der Waals surface area contributed by atoms with Crippen LogP contribution in [0.4, 0.5) is 0 Å². The van der Waals surface area contributed by atoms with Crippen LogP contribution >= 0.6 is 0 Å². The van der Waals surface area contributed by atoms with Crippen molar-refractivity contribution in [2.24, 2.45) is 0 Å². The molecule has 222 valence electrons. The van der Waals surface area contributed by atoms with Gasteiger partial charge in [0.1, 0.15) is 0 Å². The Balaban J connectivity index is 1.27. The van der Waals surface area contributed by atoms with Crippen molar-refractivity contribution in [1.82, 2.24) is 14.0 Å². The minimum atomic E-state index is 0.0507. The fourth-order valence-electron chi connectivity index (χ4n) is 6.43. The topological polar surface area (TPSA) is 30.2 Å². The second-order valence-corrected chi connectivity index (χ2v) is 11.9. The second kappa shape index (κ2) is 13.2. The number of benzene rings is 5. The Morgan fingerprint density at radius 2 is 1.02 bits per heavy atom. The van der Waals surface area contributed by atoms with Crippen molar-refractivity contribution in [3.05, 3.63) is 190 Å². The highest BCUT2D eigenvalue weighted by Gasteiger charge is 2.17. The first kappa shape index (κ1) is 28.6.